The number of esters is 2. The molecule has 7 nitrogen and oxygen atoms in total. The summed E-state index contributed by atoms with van der Waals surface area (Å²) in [5, 5.41) is 0. The normalized spacial score (nSPS) is 38.7. The van der Waals surface area contributed by atoms with Gasteiger partial charge < -0.3 is 9.47 Å². The Balaban J connectivity index is 1.61. The molecule has 0 amide bonds. The molecule has 39 heavy (non-hydrogen) atoms. The largest absolute Gasteiger partial charge is 0.458 e. The first-order valence-corrected chi connectivity index (χ1v) is 14.3. The van der Waals surface area contributed by atoms with Gasteiger partial charge >= 0.3 is 11.9 Å². The fraction of sp³-hybridized carbons (Fsp3) is 0.516. The van der Waals surface area contributed by atoms with E-state index in [1.807, 2.05) is 26.8 Å². The molecule has 8 heteroatoms. The van der Waals surface area contributed by atoms with Gasteiger partial charge in [0.25, 0.3) is 0 Å². The number of hydrogen-bond acceptors (Lipinski definition) is 7. The van der Waals surface area contributed by atoms with E-state index in [2.05, 4.69) is 15.9 Å². The Morgan fingerprint density at radius 1 is 1.10 bits per heavy atom. The van der Waals surface area contributed by atoms with Crippen LogP contribution in [0.2, 0.25) is 0 Å². The van der Waals surface area contributed by atoms with Gasteiger partial charge in [-0.2, -0.15) is 0 Å². The number of fused-ring (bicyclic) bond motifs is 5. The lowest BCUT2D eigenvalue weighted by Gasteiger charge is -2.58. The summed E-state index contributed by atoms with van der Waals surface area (Å²) in [6, 6.07) is 8.45. The van der Waals surface area contributed by atoms with E-state index in [1.54, 1.807) is 42.5 Å². The van der Waals surface area contributed by atoms with Crippen LogP contribution in [0.4, 0.5) is 0 Å². The van der Waals surface area contributed by atoms with Crippen molar-refractivity contribution in [3.63, 3.8) is 0 Å². The highest BCUT2D eigenvalue weighted by molar-refractivity contribution is 9.09. The molecule has 0 aromatic heterocycles. The molecule has 8 atom stereocenters. The minimum atomic E-state index is -1.66. The topological polar surface area (TPSA) is 104 Å². The van der Waals surface area contributed by atoms with E-state index in [-0.39, 0.29) is 40.6 Å². The molecule has 5 rings (SSSR count). The number of hydrogen-bond donors (Lipinski definition) is 0. The average molecular weight is 598 g/mol. The van der Waals surface area contributed by atoms with E-state index in [0.717, 1.165) is 5.57 Å². The molecule has 0 radical (unpaired) electrons. The second-order valence-electron chi connectivity index (χ2n) is 12.0. The van der Waals surface area contributed by atoms with Gasteiger partial charge in [0, 0.05) is 40.8 Å². The van der Waals surface area contributed by atoms with Gasteiger partial charge in [-0.1, -0.05) is 66.5 Å². The van der Waals surface area contributed by atoms with Gasteiger partial charge in [0.1, 0.15) is 5.78 Å². The van der Waals surface area contributed by atoms with E-state index < -0.39 is 46.7 Å². The minimum Gasteiger partial charge on any atom is -0.458 e. The lowest BCUT2D eigenvalue weighted by molar-refractivity contribution is -0.177. The molecule has 3 fully saturated rings. The van der Waals surface area contributed by atoms with E-state index in [0.29, 0.717) is 18.4 Å². The Labute approximate surface area is 236 Å². The molecule has 206 valence electrons. The smallest absolute Gasteiger partial charge is 0.339 e. The SMILES string of the molecule is CC(=O)OCC(=O)[C@]1(OC(=O)c2ccccc2)[C@H](C)C[C@H]2[C@@H]3[C@H](Br)CC4=CC(=O)C=C[C@]4(C)[C@H]3C(=O)C[C@@]21C. The molecule has 0 saturated heterocycles. The van der Waals surface area contributed by atoms with Crippen molar-refractivity contribution < 1.29 is 33.4 Å². The zero-order chi connectivity index (χ0) is 28.3. The second-order valence-corrected chi connectivity index (χ2v) is 13.1. The molecule has 0 unspecified atom stereocenters. The van der Waals surface area contributed by atoms with E-state index in [4.69, 9.17) is 9.47 Å². The third-order valence-corrected chi connectivity index (χ3v) is 10.8. The number of benzene rings is 1. The summed E-state index contributed by atoms with van der Waals surface area (Å²) in [5.41, 5.74) is -2.05. The molecule has 3 saturated carbocycles. The number of carbonyl (C=O) groups is 5. The highest BCUT2D eigenvalue weighted by Gasteiger charge is 2.74. The van der Waals surface area contributed by atoms with Crippen molar-refractivity contribution in [1.29, 1.82) is 0 Å². The third-order valence-electron chi connectivity index (χ3n) is 9.87. The Morgan fingerprint density at radius 2 is 1.79 bits per heavy atom. The van der Waals surface area contributed by atoms with Gasteiger partial charge in [-0.15, -0.1) is 0 Å². The van der Waals surface area contributed by atoms with Gasteiger partial charge in [0.15, 0.2) is 18.0 Å². The van der Waals surface area contributed by atoms with Crippen molar-refractivity contribution in [2.45, 2.75) is 57.4 Å². The van der Waals surface area contributed by atoms with Crippen LogP contribution in [0.25, 0.3) is 0 Å². The van der Waals surface area contributed by atoms with E-state index in [1.165, 1.54) is 6.92 Å². The molecule has 0 N–H and O–H groups in total. The summed E-state index contributed by atoms with van der Waals surface area (Å²) in [6.45, 7) is 6.46. The maximum absolute atomic E-state index is 14.2. The number of rotatable bonds is 5. The molecular weight excluding hydrogens is 564 g/mol. The van der Waals surface area contributed by atoms with Gasteiger partial charge in [-0.05, 0) is 49.0 Å². The highest BCUT2D eigenvalue weighted by atomic mass is 79.9. The molecule has 1 aromatic carbocycles. The van der Waals surface area contributed by atoms with Crippen LogP contribution in [0.3, 0.4) is 0 Å². The van der Waals surface area contributed by atoms with Crippen molar-refractivity contribution in [3.8, 4) is 0 Å². The summed E-state index contributed by atoms with van der Waals surface area (Å²) in [5.74, 6) is -2.99. The zero-order valence-electron chi connectivity index (χ0n) is 22.6. The Hall–Kier alpha value is -2.87. The maximum atomic E-state index is 14.2. The maximum Gasteiger partial charge on any atom is 0.339 e. The number of carbonyl (C=O) groups excluding carboxylic acids is 5. The lowest BCUT2D eigenvalue weighted by Crippen LogP contribution is -2.64. The number of ketones is 3. The van der Waals surface area contributed by atoms with Crippen LogP contribution in [-0.2, 0) is 28.7 Å². The molecule has 0 spiro atoms. The minimum absolute atomic E-state index is 0.0233. The van der Waals surface area contributed by atoms with Crippen LogP contribution in [0.5, 0.6) is 0 Å². The van der Waals surface area contributed by atoms with Crippen LogP contribution in [0.15, 0.2) is 54.1 Å². The van der Waals surface area contributed by atoms with Crippen LogP contribution in [0.1, 0.15) is 57.3 Å². The summed E-state index contributed by atoms with van der Waals surface area (Å²) < 4.78 is 11.4. The van der Waals surface area contributed by atoms with Crippen molar-refractivity contribution in [1.82, 2.24) is 0 Å². The summed E-state index contributed by atoms with van der Waals surface area (Å²) >= 11 is 3.87. The first-order valence-electron chi connectivity index (χ1n) is 13.4. The fourth-order valence-corrected chi connectivity index (χ4v) is 9.21. The number of allylic oxidation sites excluding steroid dienone is 4. The van der Waals surface area contributed by atoms with Crippen LogP contribution >= 0.6 is 15.9 Å². The Bertz CT molecular complexity index is 1320. The van der Waals surface area contributed by atoms with E-state index >= 15 is 0 Å². The fourth-order valence-electron chi connectivity index (χ4n) is 8.19. The predicted octanol–water partition coefficient (Wildman–Crippen LogP) is 4.82. The molecular formula is C31H33BrO7. The van der Waals surface area contributed by atoms with E-state index in [9.17, 15) is 24.0 Å². The summed E-state index contributed by atoms with van der Waals surface area (Å²) in [7, 11) is 0. The second kappa shape index (κ2) is 9.65. The third kappa shape index (κ3) is 4.09. The van der Waals surface area contributed by atoms with Gasteiger partial charge in [0.05, 0.1) is 5.56 Å². The number of alkyl halides is 1. The van der Waals surface area contributed by atoms with Crippen LogP contribution < -0.4 is 0 Å². The van der Waals surface area contributed by atoms with Gasteiger partial charge in [-0.25, -0.2) is 4.79 Å². The van der Waals surface area contributed by atoms with Crippen LogP contribution in [0, 0.1) is 34.5 Å². The quantitative estimate of drug-likeness (QED) is 0.354. The van der Waals surface area contributed by atoms with Crippen molar-refractivity contribution >= 4 is 45.2 Å². The van der Waals surface area contributed by atoms with Gasteiger partial charge in [0.2, 0.25) is 5.78 Å². The van der Waals surface area contributed by atoms with Crippen molar-refractivity contribution in [2.75, 3.05) is 6.61 Å². The molecule has 0 aliphatic heterocycles. The van der Waals surface area contributed by atoms with Gasteiger partial charge in [-0.3, -0.25) is 19.2 Å². The van der Waals surface area contributed by atoms with Crippen LogP contribution in [-0.4, -0.2) is 46.3 Å². The molecule has 0 bridgehead atoms. The summed E-state index contributed by atoms with van der Waals surface area (Å²) in [4.78, 5) is 65.5. The first-order chi connectivity index (χ1) is 18.3. The molecule has 0 heterocycles. The zero-order valence-corrected chi connectivity index (χ0v) is 24.2. The highest BCUT2D eigenvalue weighted by Crippen LogP contribution is 2.69. The predicted molar refractivity (Wildman–Crippen MR) is 146 cm³/mol. The van der Waals surface area contributed by atoms with Crippen molar-refractivity contribution in [3.05, 3.63) is 59.7 Å². The Kier molecular flexibility index (Phi) is 6.85. The monoisotopic (exact) mass is 596 g/mol. The lowest BCUT2D eigenvalue weighted by atomic mass is 9.46. The Morgan fingerprint density at radius 3 is 2.46 bits per heavy atom. The number of Topliss-reactive ketones (excluding diaryl/α,β-unsaturated/α-hetero) is 2. The summed E-state index contributed by atoms with van der Waals surface area (Å²) in [6.07, 6.45) is 6.24. The van der Waals surface area contributed by atoms with Crippen molar-refractivity contribution in [2.24, 2.45) is 34.5 Å². The number of ether oxygens (including phenoxy) is 2. The standard InChI is InChI=1S/C31H33BrO7/c1-17-12-22-26-23(32)14-20-13-21(34)10-11-29(20,3)27(26)24(35)15-30(22,4)31(17,25(36)16-38-18(2)33)39-28(37)19-8-6-5-7-9-19/h5-11,13,17,22-23,26-27H,12,14-16H2,1-4H3/t17-,22+,23-,26-,27+,29+,30+,31-/m1/s1. The molecule has 4 aliphatic carbocycles. The molecule has 1 aromatic rings. The average Bonchev–Trinajstić information content (AvgIpc) is 3.10. The first kappa shape index (κ1) is 27.7. The molecule has 4 aliphatic rings. The number of halogens is 1.